The maximum atomic E-state index is 11.2. The Morgan fingerprint density at radius 3 is 2.72 bits per heavy atom. The van der Waals surface area contributed by atoms with Crippen molar-refractivity contribution < 1.29 is 14.7 Å². The lowest BCUT2D eigenvalue weighted by Crippen LogP contribution is -2.37. The highest BCUT2D eigenvalue weighted by Gasteiger charge is 2.01. The van der Waals surface area contributed by atoms with E-state index in [-0.39, 0.29) is 19.0 Å². The number of carbonyl (C=O) groups is 2. The fraction of sp³-hybridized carbons (Fsp3) is 0.500. The van der Waals surface area contributed by atoms with Crippen molar-refractivity contribution in [1.82, 2.24) is 20.4 Å². The van der Waals surface area contributed by atoms with E-state index in [4.69, 9.17) is 5.11 Å². The predicted molar refractivity (Wildman–Crippen MR) is 68.2 cm³/mol. The number of amides is 2. The third-order valence-corrected chi connectivity index (χ3v) is 2.49. The number of aromatic nitrogens is 2. The highest BCUT2D eigenvalue weighted by atomic mass is 79.9. The fourth-order valence-corrected chi connectivity index (χ4v) is 1.58. The average molecular weight is 319 g/mol. The Bertz CT molecular complexity index is 408. The van der Waals surface area contributed by atoms with Gasteiger partial charge < -0.3 is 15.7 Å². The van der Waals surface area contributed by atoms with Crippen LogP contribution in [-0.2, 0) is 11.3 Å². The molecule has 0 spiro atoms. The number of carboxylic acids is 1. The first-order valence-electron chi connectivity index (χ1n) is 5.49. The van der Waals surface area contributed by atoms with E-state index in [1.54, 1.807) is 10.9 Å². The lowest BCUT2D eigenvalue weighted by Gasteiger charge is -2.06. The van der Waals surface area contributed by atoms with Crippen molar-refractivity contribution >= 4 is 27.9 Å². The summed E-state index contributed by atoms with van der Waals surface area (Å²) in [6.45, 7) is 1.35. The summed E-state index contributed by atoms with van der Waals surface area (Å²) in [5.74, 6) is -0.931. The highest BCUT2D eigenvalue weighted by molar-refractivity contribution is 9.10. The van der Waals surface area contributed by atoms with Gasteiger partial charge in [0.05, 0.1) is 17.1 Å². The van der Waals surface area contributed by atoms with E-state index in [0.29, 0.717) is 13.1 Å². The molecule has 18 heavy (non-hydrogen) atoms. The van der Waals surface area contributed by atoms with Gasteiger partial charge in [0.15, 0.2) is 0 Å². The van der Waals surface area contributed by atoms with Crippen molar-refractivity contribution in [3.05, 3.63) is 16.9 Å². The molecule has 0 bridgehead atoms. The molecule has 0 saturated heterocycles. The van der Waals surface area contributed by atoms with Crippen LogP contribution in [0.2, 0.25) is 0 Å². The molecular formula is C10H15BrN4O3. The molecule has 0 unspecified atom stereocenters. The Balaban J connectivity index is 2.03. The lowest BCUT2D eigenvalue weighted by molar-refractivity contribution is -0.136. The molecule has 3 N–H and O–H groups in total. The summed E-state index contributed by atoms with van der Waals surface area (Å²) < 4.78 is 2.69. The molecule has 0 fully saturated rings. The van der Waals surface area contributed by atoms with Crippen LogP contribution in [-0.4, -0.2) is 40.0 Å². The van der Waals surface area contributed by atoms with Gasteiger partial charge >= 0.3 is 12.0 Å². The van der Waals surface area contributed by atoms with E-state index in [1.165, 1.54) is 0 Å². The van der Waals surface area contributed by atoms with E-state index < -0.39 is 5.97 Å². The molecule has 1 aromatic heterocycles. The molecule has 1 heterocycles. The summed E-state index contributed by atoms with van der Waals surface area (Å²) in [5.41, 5.74) is 0. The van der Waals surface area contributed by atoms with Crippen molar-refractivity contribution in [2.24, 2.45) is 0 Å². The van der Waals surface area contributed by atoms with E-state index in [1.807, 2.05) is 6.20 Å². The fourth-order valence-electron chi connectivity index (χ4n) is 1.25. The van der Waals surface area contributed by atoms with E-state index >= 15 is 0 Å². The Labute approximate surface area is 113 Å². The van der Waals surface area contributed by atoms with Crippen LogP contribution in [0.5, 0.6) is 0 Å². The van der Waals surface area contributed by atoms with Gasteiger partial charge in [-0.15, -0.1) is 0 Å². The van der Waals surface area contributed by atoms with Gasteiger partial charge in [0.1, 0.15) is 0 Å². The smallest absolute Gasteiger partial charge is 0.314 e. The minimum absolute atomic E-state index is 0.0747. The van der Waals surface area contributed by atoms with Crippen LogP contribution >= 0.6 is 15.9 Å². The number of rotatable bonds is 7. The summed E-state index contributed by atoms with van der Waals surface area (Å²) >= 11 is 3.29. The maximum absolute atomic E-state index is 11.2. The first-order chi connectivity index (χ1) is 8.58. The second kappa shape index (κ2) is 7.70. The Hall–Kier alpha value is -1.57. The first-order valence-corrected chi connectivity index (χ1v) is 6.28. The van der Waals surface area contributed by atoms with E-state index in [9.17, 15) is 9.59 Å². The number of urea groups is 1. The standard InChI is InChI=1S/C10H15BrN4O3/c11-8-6-14-15(7-8)5-1-3-12-10(18)13-4-2-9(16)17/h6-7H,1-5H2,(H,16,17)(H2,12,13,18). The van der Waals surface area contributed by atoms with Gasteiger partial charge in [-0.25, -0.2) is 4.79 Å². The summed E-state index contributed by atoms with van der Waals surface area (Å²) in [6.07, 6.45) is 4.23. The van der Waals surface area contributed by atoms with Gasteiger partial charge in [-0.3, -0.25) is 9.48 Å². The molecule has 0 aliphatic carbocycles. The first kappa shape index (κ1) is 14.5. The van der Waals surface area contributed by atoms with Crippen molar-refractivity contribution in [1.29, 1.82) is 0 Å². The highest BCUT2D eigenvalue weighted by Crippen LogP contribution is 2.06. The number of carbonyl (C=O) groups excluding carboxylic acids is 1. The molecular weight excluding hydrogens is 304 g/mol. The monoisotopic (exact) mass is 318 g/mol. The Morgan fingerprint density at radius 2 is 2.11 bits per heavy atom. The second-order valence-corrected chi connectivity index (χ2v) is 4.52. The molecule has 0 aromatic carbocycles. The minimum atomic E-state index is -0.931. The molecule has 0 saturated carbocycles. The van der Waals surface area contributed by atoms with Crippen LogP contribution < -0.4 is 10.6 Å². The van der Waals surface area contributed by atoms with Crippen LogP contribution in [0.1, 0.15) is 12.8 Å². The van der Waals surface area contributed by atoms with Gasteiger partial charge in [0, 0.05) is 25.8 Å². The third kappa shape index (κ3) is 6.24. The molecule has 100 valence electrons. The van der Waals surface area contributed by atoms with Gasteiger partial charge in [-0.2, -0.15) is 5.10 Å². The van der Waals surface area contributed by atoms with Crippen molar-refractivity contribution in [2.45, 2.75) is 19.4 Å². The number of hydrogen-bond donors (Lipinski definition) is 3. The van der Waals surface area contributed by atoms with E-state index in [0.717, 1.165) is 10.9 Å². The van der Waals surface area contributed by atoms with Gasteiger partial charge in [-0.05, 0) is 22.4 Å². The van der Waals surface area contributed by atoms with Gasteiger partial charge in [0.2, 0.25) is 0 Å². The molecule has 0 radical (unpaired) electrons. The summed E-state index contributed by atoms with van der Waals surface area (Å²) in [6, 6.07) is -0.349. The number of hydrogen-bond acceptors (Lipinski definition) is 3. The van der Waals surface area contributed by atoms with Crippen molar-refractivity contribution in [2.75, 3.05) is 13.1 Å². The number of carboxylic acid groups (broad SMARTS) is 1. The zero-order chi connectivity index (χ0) is 13.4. The van der Waals surface area contributed by atoms with Crippen LogP contribution in [0.25, 0.3) is 0 Å². The number of halogens is 1. The zero-order valence-corrected chi connectivity index (χ0v) is 11.3. The minimum Gasteiger partial charge on any atom is -0.481 e. The average Bonchev–Trinajstić information content (AvgIpc) is 2.70. The van der Waals surface area contributed by atoms with Crippen molar-refractivity contribution in [3.63, 3.8) is 0 Å². The zero-order valence-electron chi connectivity index (χ0n) is 9.73. The molecule has 2 amide bonds. The molecule has 0 aliphatic rings. The number of aliphatic carboxylic acids is 1. The van der Waals surface area contributed by atoms with Gasteiger partial charge in [0.25, 0.3) is 0 Å². The number of aryl methyl sites for hydroxylation is 1. The topological polar surface area (TPSA) is 96.3 Å². The molecule has 0 aliphatic heterocycles. The Kier molecular flexibility index (Phi) is 6.20. The lowest BCUT2D eigenvalue weighted by atomic mass is 10.4. The normalized spacial score (nSPS) is 10.1. The summed E-state index contributed by atoms with van der Waals surface area (Å²) in [5, 5.41) is 17.6. The number of nitrogens with zero attached hydrogens (tertiary/aromatic N) is 2. The molecule has 1 rings (SSSR count). The third-order valence-electron chi connectivity index (χ3n) is 2.08. The SMILES string of the molecule is O=C(O)CCNC(=O)NCCCn1cc(Br)cn1. The Morgan fingerprint density at radius 1 is 1.39 bits per heavy atom. The summed E-state index contributed by atoms with van der Waals surface area (Å²) in [4.78, 5) is 21.4. The second-order valence-electron chi connectivity index (χ2n) is 3.60. The van der Waals surface area contributed by atoms with Crippen LogP contribution in [0, 0.1) is 0 Å². The van der Waals surface area contributed by atoms with Gasteiger partial charge in [-0.1, -0.05) is 0 Å². The van der Waals surface area contributed by atoms with Crippen LogP contribution in [0.15, 0.2) is 16.9 Å². The summed E-state index contributed by atoms with van der Waals surface area (Å²) in [7, 11) is 0. The largest absolute Gasteiger partial charge is 0.481 e. The van der Waals surface area contributed by atoms with Crippen LogP contribution in [0.3, 0.4) is 0 Å². The predicted octanol–water partition coefficient (Wildman–Crippen LogP) is 0.810. The molecule has 1 aromatic rings. The maximum Gasteiger partial charge on any atom is 0.314 e. The number of nitrogens with one attached hydrogen (secondary N) is 2. The molecule has 8 heteroatoms. The van der Waals surface area contributed by atoms with Crippen LogP contribution in [0.4, 0.5) is 4.79 Å². The van der Waals surface area contributed by atoms with Crippen molar-refractivity contribution in [3.8, 4) is 0 Å². The molecule has 0 atom stereocenters. The van der Waals surface area contributed by atoms with E-state index in [2.05, 4.69) is 31.7 Å². The molecule has 7 nitrogen and oxygen atoms in total. The quantitative estimate of drug-likeness (QED) is 0.648.